The van der Waals surface area contributed by atoms with Crippen molar-refractivity contribution >= 4 is 10.9 Å². The summed E-state index contributed by atoms with van der Waals surface area (Å²) in [5.74, 6) is -0.189. The summed E-state index contributed by atoms with van der Waals surface area (Å²) in [6, 6.07) is 13.8. The zero-order valence-electron chi connectivity index (χ0n) is 11.5. The average molecular weight is 283 g/mol. The highest BCUT2D eigenvalue weighted by molar-refractivity contribution is 5.78. The van der Waals surface area contributed by atoms with Crippen molar-refractivity contribution in [2.75, 3.05) is 7.11 Å². The highest BCUT2D eigenvalue weighted by atomic mass is 19.1. The molecule has 3 rings (SSSR count). The summed E-state index contributed by atoms with van der Waals surface area (Å²) in [6.45, 7) is 0. The van der Waals surface area contributed by atoms with E-state index >= 15 is 0 Å². The number of nitrogens with zero attached hydrogens (tertiary/aromatic N) is 1. The fourth-order valence-corrected chi connectivity index (χ4v) is 2.36. The fraction of sp³-hybridized carbons (Fsp3) is 0.118. The molecule has 0 bridgehead atoms. The molecule has 106 valence electrons. The molecule has 1 heterocycles. The molecule has 0 radical (unpaired) electrons. The Morgan fingerprint density at radius 1 is 1.14 bits per heavy atom. The molecule has 0 spiro atoms. The number of aliphatic hydroxyl groups is 1. The second-order valence-corrected chi connectivity index (χ2v) is 4.72. The maximum absolute atomic E-state index is 14.0. The van der Waals surface area contributed by atoms with Gasteiger partial charge in [0.2, 0.25) is 0 Å². The minimum absolute atomic E-state index is 0.122. The van der Waals surface area contributed by atoms with Crippen molar-refractivity contribution in [3.8, 4) is 5.75 Å². The zero-order valence-corrected chi connectivity index (χ0v) is 11.5. The first-order valence-corrected chi connectivity index (χ1v) is 6.56. The molecule has 0 fully saturated rings. The lowest BCUT2D eigenvalue weighted by atomic mass is 10.00. The van der Waals surface area contributed by atoms with Crippen LogP contribution >= 0.6 is 0 Å². The Balaban J connectivity index is 2.10. The molecule has 1 N–H and O–H groups in total. The minimum Gasteiger partial charge on any atom is -0.496 e. The van der Waals surface area contributed by atoms with Gasteiger partial charge in [0.15, 0.2) is 0 Å². The minimum atomic E-state index is -1.13. The molecule has 2 aromatic carbocycles. The highest BCUT2D eigenvalue weighted by Gasteiger charge is 2.20. The molecular weight excluding hydrogens is 269 g/mol. The molecule has 1 unspecified atom stereocenters. The number of hydrogen-bond acceptors (Lipinski definition) is 3. The predicted octanol–water partition coefficient (Wildman–Crippen LogP) is 3.46. The number of rotatable bonds is 3. The van der Waals surface area contributed by atoms with Gasteiger partial charge in [0.05, 0.1) is 18.2 Å². The van der Waals surface area contributed by atoms with Crippen LogP contribution in [0.15, 0.2) is 54.7 Å². The quantitative estimate of drug-likeness (QED) is 0.800. The summed E-state index contributed by atoms with van der Waals surface area (Å²) in [4.78, 5) is 4.29. The van der Waals surface area contributed by atoms with Crippen LogP contribution in [0.25, 0.3) is 10.9 Å². The number of halogens is 1. The zero-order chi connectivity index (χ0) is 14.8. The number of pyridine rings is 1. The molecule has 1 aromatic heterocycles. The molecule has 0 aliphatic heterocycles. The lowest BCUT2D eigenvalue weighted by molar-refractivity contribution is 0.208. The maximum Gasteiger partial charge on any atom is 0.133 e. The standard InChI is InChI=1S/C17H14FNO2/c1-21-15-8-4-6-13(18)16(15)17(20)12-9-11-5-2-3-7-14(11)19-10-12/h2-10,17,20H,1H3. The third-order valence-electron chi connectivity index (χ3n) is 3.43. The van der Waals surface area contributed by atoms with Crippen LogP contribution in [-0.2, 0) is 0 Å². The lowest BCUT2D eigenvalue weighted by Crippen LogP contribution is -2.05. The van der Waals surface area contributed by atoms with Gasteiger partial charge in [-0.3, -0.25) is 4.98 Å². The summed E-state index contributed by atoms with van der Waals surface area (Å²) >= 11 is 0. The van der Waals surface area contributed by atoms with Crippen LogP contribution in [0.2, 0.25) is 0 Å². The summed E-state index contributed by atoms with van der Waals surface area (Å²) < 4.78 is 19.2. The Labute approximate surface area is 121 Å². The Hall–Kier alpha value is -2.46. The average Bonchev–Trinajstić information content (AvgIpc) is 2.53. The molecule has 0 saturated heterocycles. The van der Waals surface area contributed by atoms with Crippen LogP contribution in [0.3, 0.4) is 0 Å². The van der Waals surface area contributed by atoms with Crippen LogP contribution in [0.4, 0.5) is 4.39 Å². The molecule has 0 aliphatic carbocycles. The van der Waals surface area contributed by atoms with Gasteiger partial charge in [0.25, 0.3) is 0 Å². The summed E-state index contributed by atoms with van der Waals surface area (Å²) in [5.41, 5.74) is 1.48. The topological polar surface area (TPSA) is 42.4 Å². The number of aliphatic hydroxyl groups excluding tert-OH is 1. The molecule has 21 heavy (non-hydrogen) atoms. The molecule has 3 aromatic rings. The van der Waals surface area contributed by atoms with Gasteiger partial charge >= 0.3 is 0 Å². The van der Waals surface area contributed by atoms with E-state index in [4.69, 9.17) is 4.74 Å². The van der Waals surface area contributed by atoms with Gasteiger partial charge in [-0.25, -0.2) is 4.39 Å². The van der Waals surface area contributed by atoms with Gasteiger partial charge < -0.3 is 9.84 Å². The molecular formula is C17H14FNO2. The molecule has 0 aliphatic rings. The van der Waals surface area contributed by atoms with Gasteiger partial charge in [-0.2, -0.15) is 0 Å². The molecule has 1 atom stereocenters. The number of fused-ring (bicyclic) bond motifs is 1. The van der Waals surface area contributed by atoms with Crippen molar-refractivity contribution in [3.05, 3.63) is 71.7 Å². The van der Waals surface area contributed by atoms with Gasteiger partial charge in [-0.1, -0.05) is 24.3 Å². The normalized spacial score (nSPS) is 12.3. The second-order valence-electron chi connectivity index (χ2n) is 4.72. The molecule has 4 heteroatoms. The summed E-state index contributed by atoms with van der Waals surface area (Å²) in [6.07, 6.45) is 0.428. The van der Waals surface area contributed by atoms with Crippen molar-refractivity contribution < 1.29 is 14.2 Å². The van der Waals surface area contributed by atoms with E-state index in [1.54, 1.807) is 24.4 Å². The number of ether oxygens (including phenoxy) is 1. The van der Waals surface area contributed by atoms with Crippen LogP contribution in [0, 0.1) is 5.82 Å². The van der Waals surface area contributed by atoms with Crippen molar-refractivity contribution in [1.82, 2.24) is 4.98 Å². The van der Waals surface area contributed by atoms with Crippen molar-refractivity contribution in [1.29, 1.82) is 0 Å². The lowest BCUT2D eigenvalue weighted by Gasteiger charge is -2.16. The van der Waals surface area contributed by atoms with Crippen LogP contribution in [0.5, 0.6) is 5.75 Å². The van der Waals surface area contributed by atoms with Gasteiger partial charge in [0, 0.05) is 17.1 Å². The number of hydrogen-bond donors (Lipinski definition) is 1. The van der Waals surface area contributed by atoms with E-state index in [0.29, 0.717) is 11.3 Å². The van der Waals surface area contributed by atoms with Gasteiger partial charge in [-0.05, 0) is 24.3 Å². The largest absolute Gasteiger partial charge is 0.496 e. The van der Waals surface area contributed by atoms with Crippen molar-refractivity contribution in [2.24, 2.45) is 0 Å². The van der Waals surface area contributed by atoms with Crippen LogP contribution < -0.4 is 4.74 Å². The SMILES string of the molecule is COc1cccc(F)c1C(O)c1cnc2ccccc2c1. The van der Waals surface area contributed by atoms with Gasteiger partial charge in [0.1, 0.15) is 17.7 Å². The number of para-hydroxylation sites is 1. The van der Waals surface area contributed by atoms with E-state index in [0.717, 1.165) is 10.9 Å². The van der Waals surface area contributed by atoms with Gasteiger partial charge in [-0.15, -0.1) is 0 Å². The Bertz CT molecular complexity index is 789. The monoisotopic (exact) mass is 283 g/mol. The first kappa shape index (κ1) is 13.5. The number of benzene rings is 2. The third-order valence-corrected chi connectivity index (χ3v) is 3.43. The van der Waals surface area contributed by atoms with Crippen molar-refractivity contribution in [3.63, 3.8) is 0 Å². The Morgan fingerprint density at radius 2 is 1.95 bits per heavy atom. The highest BCUT2D eigenvalue weighted by Crippen LogP contribution is 2.32. The van der Waals surface area contributed by atoms with E-state index in [9.17, 15) is 9.50 Å². The Kier molecular flexibility index (Phi) is 3.54. The van der Waals surface area contributed by atoms with E-state index in [-0.39, 0.29) is 5.56 Å². The third kappa shape index (κ3) is 2.45. The molecule has 0 saturated carbocycles. The first-order chi connectivity index (χ1) is 10.2. The number of methoxy groups -OCH3 is 1. The molecule has 3 nitrogen and oxygen atoms in total. The van der Waals surface area contributed by atoms with E-state index in [1.807, 2.05) is 24.3 Å². The van der Waals surface area contributed by atoms with E-state index in [1.165, 1.54) is 13.2 Å². The van der Waals surface area contributed by atoms with Crippen molar-refractivity contribution in [2.45, 2.75) is 6.10 Å². The molecule has 0 amide bonds. The number of aromatic nitrogens is 1. The van der Waals surface area contributed by atoms with Crippen LogP contribution in [0.1, 0.15) is 17.2 Å². The fourth-order valence-electron chi connectivity index (χ4n) is 2.36. The van der Waals surface area contributed by atoms with Crippen LogP contribution in [-0.4, -0.2) is 17.2 Å². The maximum atomic E-state index is 14.0. The summed E-state index contributed by atoms with van der Waals surface area (Å²) in [5, 5.41) is 11.4. The summed E-state index contributed by atoms with van der Waals surface area (Å²) in [7, 11) is 1.45. The second kappa shape index (κ2) is 5.50. The first-order valence-electron chi connectivity index (χ1n) is 6.56. The predicted molar refractivity (Wildman–Crippen MR) is 78.8 cm³/mol. The smallest absolute Gasteiger partial charge is 0.133 e. The van der Waals surface area contributed by atoms with E-state index in [2.05, 4.69) is 4.98 Å². The Morgan fingerprint density at radius 3 is 2.76 bits per heavy atom. The van der Waals surface area contributed by atoms with E-state index < -0.39 is 11.9 Å².